The molecule has 0 aliphatic heterocycles. The van der Waals surface area contributed by atoms with Crippen LogP contribution in [0, 0.1) is 5.92 Å². The van der Waals surface area contributed by atoms with Gasteiger partial charge in [0.05, 0.1) is 13.0 Å². The zero-order valence-electron chi connectivity index (χ0n) is 17.4. The normalized spacial score (nSPS) is 14.0. The maximum Gasteiger partial charge on any atom is 0.309 e. The van der Waals surface area contributed by atoms with Crippen LogP contribution in [0.25, 0.3) is 0 Å². The standard InChI is InChI=1S/C24H29NO5/c1-28-22-14-19(12-13-21(22)29-16-18-8-4-2-5-9-18)15-25-23(26)17-30-24(27)20-10-6-3-7-11-20/h2,4-5,8-9,12-14,20H,3,6-7,10-11,15-17H2,1H3,(H,25,26). The van der Waals surface area contributed by atoms with E-state index in [1.54, 1.807) is 7.11 Å². The van der Waals surface area contributed by atoms with Crippen molar-refractivity contribution in [1.82, 2.24) is 5.32 Å². The minimum absolute atomic E-state index is 0.0563. The Kier molecular flexibility index (Phi) is 8.12. The summed E-state index contributed by atoms with van der Waals surface area (Å²) in [7, 11) is 1.58. The van der Waals surface area contributed by atoms with E-state index in [0.29, 0.717) is 24.7 Å². The Morgan fingerprint density at radius 1 is 0.967 bits per heavy atom. The molecule has 0 aromatic heterocycles. The summed E-state index contributed by atoms with van der Waals surface area (Å²) in [6.07, 6.45) is 5.00. The van der Waals surface area contributed by atoms with E-state index >= 15 is 0 Å². The van der Waals surface area contributed by atoms with Crippen LogP contribution in [0.15, 0.2) is 48.5 Å². The van der Waals surface area contributed by atoms with Crippen LogP contribution in [0.2, 0.25) is 0 Å². The zero-order valence-corrected chi connectivity index (χ0v) is 17.4. The van der Waals surface area contributed by atoms with Crippen molar-refractivity contribution in [3.05, 3.63) is 59.7 Å². The summed E-state index contributed by atoms with van der Waals surface area (Å²) in [4.78, 5) is 24.1. The highest BCUT2D eigenvalue weighted by molar-refractivity contribution is 5.81. The van der Waals surface area contributed by atoms with E-state index in [4.69, 9.17) is 14.2 Å². The second kappa shape index (κ2) is 11.2. The van der Waals surface area contributed by atoms with E-state index in [1.807, 2.05) is 48.5 Å². The van der Waals surface area contributed by atoms with Gasteiger partial charge in [0, 0.05) is 6.54 Å². The molecule has 3 rings (SSSR count). The van der Waals surface area contributed by atoms with Gasteiger partial charge in [0.1, 0.15) is 6.61 Å². The van der Waals surface area contributed by atoms with Crippen LogP contribution in [0.5, 0.6) is 11.5 Å². The summed E-state index contributed by atoms with van der Waals surface area (Å²) >= 11 is 0. The highest BCUT2D eigenvalue weighted by Gasteiger charge is 2.23. The quantitative estimate of drug-likeness (QED) is 0.631. The summed E-state index contributed by atoms with van der Waals surface area (Å²) in [5.74, 6) is 0.604. The molecule has 0 heterocycles. The predicted molar refractivity (Wildman–Crippen MR) is 113 cm³/mol. The molecule has 1 fully saturated rings. The summed E-state index contributed by atoms with van der Waals surface area (Å²) in [6.45, 7) is 0.513. The SMILES string of the molecule is COc1cc(CNC(=O)COC(=O)C2CCCCC2)ccc1OCc1ccccc1. The first kappa shape index (κ1) is 21.7. The largest absolute Gasteiger partial charge is 0.493 e. The topological polar surface area (TPSA) is 73.9 Å². The lowest BCUT2D eigenvalue weighted by atomic mass is 9.89. The lowest BCUT2D eigenvalue weighted by molar-refractivity contribution is -0.153. The van der Waals surface area contributed by atoms with Gasteiger partial charge in [-0.05, 0) is 36.1 Å². The Bertz CT molecular complexity index is 831. The molecule has 1 N–H and O–H groups in total. The van der Waals surface area contributed by atoms with E-state index in [9.17, 15) is 9.59 Å². The molecule has 160 valence electrons. The number of rotatable bonds is 9. The van der Waals surface area contributed by atoms with Crippen LogP contribution >= 0.6 is 0 Å². The van der Waals surface area contributed by atoms with E-state index in [1.165, 1.54) is 6.42 Å². The zero-order chi connectivity index (χ0) is 21.2. The summed E-state index contributed by atoms with van der Waals surface area (Å²) in [5, 5.41) is 2.77. The minimum atomic E-state index is -0.317. The van der Waals surface area contributed by atoms with Gasteiger partial charge in [-0.2, -0.15) is 0 Å². The number of carbonyl (C=O) groups excluding carboxylic acids is 2. The Morgan fingerprint density at radius 3 is 2.47 bits per heavy atom. The third-order valence-electron chi connectivity index (χ3n) is 5.24. The fourth-order valence-corrected chi connectivity index (χ4v) is 3.52. The molecule has 2 aromatic carbocycles. The monoisotopic (exact) mass is 411 g/mol. The molecule has 0 radical (unpaired) electrons. The van der Waals surface area contributed by atoms with Crippen molar-refractivity contribution in [2.24, 2.45) is 5.92 Å². The number of hydrogen-bond donors (Lipinski definition) is 1. The number of hydrogen-bond acceptors (Lipinski definition) is 5. The maximum absolute atomic E-state index is 12.0. The van der Waals surface area contributed by atoms with Crippen LogP contribution in [0.4, 0.5) is 0 Å². The molecule has 0 bridgehead atoms. The predicted octanol–water partition coefficient (Wildman–Crippen LogP) is 4.01. The number of benzene rings is 2. The van der Waals surface area contributed by atoms with Crippen molar-refractivity contribution in [2.45, 2.75) is 45.3 Å². The second-order valence-corrected chi connectivity index (χ2v) is 7.48. The molecule has 0 spiro atoms. The Balaban J connectivity index is 1.45. The second-order valence-electron chi connectivity index (χ2n) is 7.48. The molecule has 0 atom stereocenters. The minimum Gasteiger partial charge on any atom is -0.493 e. The number of carbonyl (C=O) groups is 2. The highest BCUT2D eigenvalue weighted by Crippen LogP contribution is 2.29. The van der Waals surface area contributed by atoms with E-state index in [0.717, 1.165) is 36.8 Å². The molecule has 1 amide bonds. The van der Waals surface area contributed by atoms with Gasteiger partial charge in [0.2, 0.25) is 0 Å². The first-order chi connectivity index (χ1) is 14.7. The first-order valence-electron chi connectivity index (χ1n) is 10.4. The molecular formula is C24H29NO5. The van der Waals surface area contributed by atoms with Crippen molar-refractivity contribution < 1.29 is 23.8 Å². The average molecular weight is 411 g/mol. The molecule has 1 saturated carbocycles. The van der Waals surface area contributed by atoms with Gasteiger partial charge in [-0.25, -0.2) is 0 Å². The first-order valence-corrected chi connectivity index (χ1v) is 10.4. The van der Waals surface area contributed by atoms with E-state index < -0.39 is 0 Å². The molecule has 6 heteroatoms. The number of amides is 1. The highest BCUT2D eigenvalue weighted by atomic mass is 16.5. The van der Waals surface area contributed by atoms with Crippen molar-refractivity contribution >= 4 is 11.9 Å². The number of nitrogens with one attached hydrogen (secondary N) is 1. The van der Waals surface area contributed by atoms with Crippen LogP contribution in [0.1, 0.15) is 43.2 Å². The fourth-order valence-electron chi connectivity index (χ4n) is 3.52. The van der Waals surface area contributed by atoms with Crippen molar-refractivity contribution in [3.8, 4) is 11.5 Å². The molecule has 0 unspecified atom stereocenters. The molecule has 30 heavy (non-hydrogen) atoms. The van der Waals surface area contributed by atoms with Gasteiger partial charge >= 0.3 is 5.97 Å². The molecule has 2 aromatic rings. The van der Waals surface area contributed by atoms with Crippen LogP contribution in [0.3, 0.4) is 0 Å². The van der Waals surface area contributed by atoms with Crippen LogP contribution in [-0.4, -0.2) is 25.6 Å². The number of esters is 1. The Morgan fingerprint density at radius 2 is 1.73 bits per heavy atom. The Hall–Kier alpha value is -3.02. The van der Waals surface area contributed by atoms with Crippen molar-refractivity contribution in [1.29, 1.82) is 0 Å². The summed E-state index contributed by atoms with van der Waals surface area (Å²) in [5.41, 5.74) is 1.93. The van der Waals surface area contributed by atoms with Gasteiger partial charge in [0.15, 0.2) is 18.1 Å². The smallest absolute Gasteiger partial charge is 0.309 e. The maximum atomic E-state index is 12.0. The van der Waals surface area contributed by atoms with Crippen molar-refractivity contribution in [3.63, 3.8) is 0 Å². The van der Waals surface area contributed by atoms with E-state index in [-0.39, 0.29) is 24.4 Å². The molecular weight excluding hydrogens is 382 g/mol. The van der Waals surface area contributed by atoms with Crippen molar-refractivity contribution in [2.75, 3.05) is 13.7 Å². The molecule has 1 aliphatic rings. The lowest BCUT2D eigenvalue weighted by Crippen LogP contribution is -2.30. The molecule has 1 aliphatic carbocycles. The third-order valence-corrected chi connectivity index (χ3v) is 5.24. The van der Waals surface area contributed by atoms with Gasteiger partial charge in [0.25, 0.3) is 5.91 Å². The van der Waals surface area contributed by atoms with Gasteiger partial charge in [-0.1, -0.05) is 55.7 Å². The number of ether oxygens (including phenoxy) is 3. The Labute approximate surface area is 177 Å². The van der Waals surface area contributed by atoms with Crippen LogP contribution in [-0.2, 0) is 27.5 Å². The number of methoxy groups -OCH3 is 1. The summed E-state index contributed by atoms with van der Waals surface area (Å²) in [6, 6.07) is 15.4. The molecule has 6 nitrogen and oxygen atoms in total. The molecule has 0 saturated heterocycles. The summed E-state index contributed by atoms with van der Waals surface area (Å²) < 4.78 is 16.4. The van der Waals surface area contributed by atoms with E-state index in [2.05, 4.69) is 5.32 Å². The van der Waals surface area contributed by atoms with Crippen LogP contribution < -0.4 is 14.8 Å². The van der Waals surface area contributed by atoms with Gasteiger partial charge in [-0.3, -0.25) is 9.59 Å². The van der Waals surface area contributed by atoms with Gasteiger partial charge < -0.3 is 19.5 Å². The third kappa shape index (κ3) is 6.51. The average Bonchev–Trinajstić information content (AvgIpc) is 2.81. The lowest BCUT2D eigenvalue weighted by Gasteiger charge is -2.19. The fraction of sp³-hybridized carbons (Fsp3) is 0.417. The van der Waals surface area contributed by atoms with Gasteiger partial charge in [-0.15, -0.1) is 0 Å².